The summed E-state index contributed by atoms with van der Waals surface area (Å²) < 4.78 is 13.1. The van der Waals surface area contributed by atoms with Crippen LogP contribution < -0.4 is 0 Å². The summed E-state index contributed by atoms with van der Waals surface area (Å²) in [5.41, 5.74) is 13.9. The highest BCUT2D eigenvalue weighted by Gasteiger charge is 2.35. The van der Waals surface area contributed by atoms with Gasteiger partial charge in [-0.15, -0.1) is 0 Å². The van der Waals surface area contributed by atoms with E-state index >= 15 is 0 Å². The number of rotatable bonds is 2. The number of fused-ring (bicyclic) bond motifs is 14. The predicted octanol–water partition coefficient (Wildman–Crippen LogP) is 14.6. The van der Waals surface area contributed by atoms with Crippen LogP contribution >= 0.6 is 0 Å². The monoisotopic (exact) mass is 676 g/mol. The molecule has 0 N–H and O–H groups in total. The second-order valence-electron chi connectivity index (χ2n) is 15.2. The maximum atomic E-state index is 6.77. The molecule has 2 nitrogen and oxygen atoms in total. The van der Waals surface area contributed by atoms with E-state index < -0.39 is 0 Å². The number of hydrogen-bond acceptors (Lipinski definition) is 2. The second-order valence-corrected chi connectivity index (χ2v) is 15.2. The zero-order valence-corrected chi connectivity index (χ0v) is 29.3. The van der Waals surface area contributed by atoms with E-state index in [2.05, 4.69) is 159 Å². The van der Waals surface area contributed by atoms with Crippen molar-refractivity contribution in [3.05, 3.63) is 169 Å². The summed E-state index contributed by atoms with van der Waals surface area (Å²) in [4.78, 5) is 0. The van der Waals surface area contributed by atoms with E-state index in [1.807, 2.05) is 12.1 Å². The van der Waals surface area contributed by atoms with Crippen molar-refractivity contribution < 1.29 is 8.83 Å². The molecule has 12 rings (SSSR count). The van der Waals surface area contributed by atoms with E-state index in [1.54, 1.807) is 0 Å². The van der Waals surface area contributed by atoms with Crippen LogP contribution in [-0.2, 0) is 5.41 Å². The Bertz CT molecular complexity index is 3310. The Kier molecular flexibility index (Phi) is 5.60. The molecule has 0 atom stereocenters. The summed E-state index contributed by atoms with van der Waals surface area (Å²) in [6.07, 6.45) is 0. The lowest BCUT2D eigenvalue weighted by molar-refractivity contribution is 0.660. The third-order valence-corrected chi connectivity index (χ3v) is 12.1. The summed E-state index contributed by atoms with van der Waals surface area (Å²) >= 11 is 0. The Balaban J connectivity index is 1.12. The Labute approximate surface area is 305 Å². The van der Waals surface area contributed by atoms with Gasteiger partial charge in [0.1, 0.15) is 22.3 Å². The van der Waals surface area contributed by atoms with Gasteiger partial charge in [0.15, 0.2) is 0 Å². The van der Waals surface area contributed by atoms with Gasteiger partial charge in [-0.05, 0) is 108 Å². The molecule has 2 aromatic heterocycles. The van der Waals surface area contributed by atoms with Gasteiger partial charge in [0.2, 0.25) is 0 Å². The van der Waals surface area contributed by atoms with Gasteiger partial charge in [-0.2, -0.15) is 0 Å². The first-order valence-corrected chi connectivity index (χ1v) is 18.4. The Hall–Kier alpha value is -6.64. The molecule has 0 saturated heterocycles. The third kappa shape index (κ3) is 3.82. The fourth-order valence-electron chi connectivity index (χ4n) is 9.64. The molecule has 11 aromatic rings. The molecule has 9 aromatic carbocycles. The number of furan rings is 2. The van der Waals surface area contributed by atoms with Crippen LogP contribution in [0.15, 0.2) is 167 Å². The van der Waals surface area contributed by atoms with Crippen LogP contribution in [0.1, 0.15) is 25.0 Å². The maximum absolute atomic E-state index is 6.77. The van der Waals surface area contributed by atoms with Crippen molar-refractivity contribution in [3.63, 3.8) is 0 Å². The summed E-state index contributed by atoms with van der Waals surface area (Å²) in [5.74, 6) is 0. The van der Waals surface area contributed by atoms with Gasteiger partial charge in [-0.3, -0.25) is 0 Å². The number of hydrogen-bond donors (Lipinski definition) is 0. The van der Waals surface area contributed by atoms with Crippen LogP contribution in [0.5, 0.6) is 0 Å². The molecule has 0 unspecified atom stereocenters. The highest BCUT2D eigenvalue weighted by Crippen LogP contribution is 2.51. The topological polar surface area (TPSA) is 26.3 Å². The highest BCUT2D eigenvalue weighted by atomic mass is 16.3. The second kappa shape index (κ2) is 10.2. The first-order valence-electron chi connectivity index (χ1n) is 18.4. The SMILES string of the molecule is CC1(C)c2ccccc2-c2cc(-c3c4ccccc4c(-c4ccc5oc6c(ccc7ccc8oc9ccccc9c8c76)c5c4)c4ccccc34)ccc21. The van der Waals surface area contributed by atoms with Crippen LogP contribution in [0.4, 0.5) is 0 Å². The van der Waals surface area contributed by atoms with Gasteiger partial charge in [0, 0.05) is 32.3 Å². The van der Waals surface area contributed by atoms with Gasteiger partial charge in [-0.1, -0.05) is 135 Å². The van der Waals surface area contributed by atoms with E-state index in [4.69, 9.17) is 8.83 Å². The zero-order chi connectivity index (χ0) is 35.0. The van der Waals surface area contributed by atoms with E-state index in [0.29, 0.717) is 0 Å². The highest BCUT2D eigenvalue weighted by molar-refractivity contribution is 6.28. The molecule has 0 spiro atoms. The zero-order valence-electron chi connectivity index (χ0n) is 29.3. The van der Waals surface area contributed by atoms with Gasteiger partial charge in [0.05, 0.1) is 0 Å². The molecule has 53 heavy (non-hydrogen) atoms. The molecule has 0 saturated carbocycles. The van der Waals surface area contributed by atoms with Crippen LogP contribution in [0.2, 0.25) is 0 Å². The predicted molar refractivity (Wildman–Crippen MR) is 222 cm³/mol. The summed E-state index contributed by atoms with van der Waals surface area (Å²) in [5, 5.41) is 11.7. The van der Waals surface area contributed by atoms with Crippen molar-refractivity contribution in [1.29, 1.82) is 0 Å². The van der Waals surface area contributed by atoms with Crippen molar-refractivity contribution >= 4 is 76.2 Å². The smallest absolute Gasteiger partial charge is 0.144 e. The number of para-hydroxylation sites is 1. The molecular formula is C51H32O2. The largest absolute Gasteiger partial charge is 0.456 e. The molecule has 1 aliphatic rings. The number of benzene rings is 9. The van der Waals surface area contributed by atoms with Crippen molar-refractivity contribution in [2.24, 2.45) is 0 Å². The first-order chi connectivity index (χ1) is 26.0. The van der Waals surface area contributed by atoms with Crippen LogP contribution in [0.25, 0.3) is 110 Å². The molecule has 0 aliphatic heterocycles. The lowest BCUT2D eigenvalue weighted by atomic mass is 9.81. The van der Waals surface area contributed by atoms with Crippen LogP contribution in [-0.4, -0.2) is 0 Å². The summed E-state index contributed by atoms with van der Waals surface area (Å²) in [6, 6.07) is 57.6. The minimum Gasteiger partial charge on any atom is -0.456 e. The molecule has 2 heteroatoms. The van der Waals surface area contributed by atoms with Gasteiger partial charge >= 0.3 is 0 Å². The van der Waals surface area contributed by atoms with E-state index in [-0.39, 0.29) is 5.41 Å². The van der Waals surface area contributed by atoms with Gasteiger partial charge in [-0.25, -0.2) is 0 Å². The molecule has 1 aliphatic carbocycles. The maximum Gasteiger partial charge on any atom is 0.144 e. The van der Waals surface area contributed by atoms with E-state index in [1.165, 1.54) is 66.1 Å². The van der Waals surface area contributed by atoms with Crippen LogP contribution in [0.3, 0.4) is 0 Å². The molecule has 2 heterocycles. The third-order valence-electron chi connectivity index (χ3n) is 12.1. The van der Waals surface area contributed by atoms with Crippen molar-refractivity contribution in [2.75, 3.05) is 0 Å². The molecular weight excluding hydrogens is 645 g/mol. The van der Waals surface area contributed by atoms with Crippen molar-refractivity contribution in [2.45, 2.75) is 19.3 Å². The molecule has 0 bridgehead atoms. The Morgan fingerprint density at radius 1 is 0.377 bits per heavy atom. The van der Waals surface area contributed by atoms with Crippen molar-refractivity contribution in [3.8, 4) is 33.4 Å². The molecule has 248 valence electrons. The first kappa shape index (κ1) is 29.0. The van der Waals surface area contributed by atoms with Gasteiger partial charge in [0.25, 0.3) is 0 Å². The van der Waals surface area contributed by atoms with E-state index in [0.717, 1.165) is 54.6 Å². The quantitative estimate of drug-likeness (QED) is 0.170. The lowest BCUT2D eigenvalue weighted by Crippen LogP contribution is -2.14. The molecule has 0 radical (unpaired) electrons. The lowest BCUT2D eigenvalue weighted by Gasteiger charge is -2.22. The minimum absolute atomic E-state index is 0.0288. The fraction of sp³-hybridized carbons (Fsp3) is 0.0588. The molecule has 0 amide bonds. The van der Waals surface area contributed by atoms with Crippen LogP contribution in [0, 0.1) is 0 Å². The molecule has 0 fully saturated rings. The summed E-state index contributed by atoms with van der Waals surface area (Å²) in [6.45, 7) is 4.69. The summed E-state index contributed by atoms with van der Waals surface area (Å²) in [7, 11) is 0. The minimum atomic E-state index is -0.0288. The average Bonchev–Trinajstić information content (AvgIpc) is 3.84. The average molecular weight is 677 g/mol. The van der Waals surface area contributed by atoms with Crippen molar-refractivity contribution in [1.82, 2.24) is 0 Å². The normalized spacial score (nSPS) is 13.6. The van der Waals surface area contributed by atoms with Gasteiger partial charge < -0.3 is 8.83 Å². The van der Waals surface area contributed by atoms with E-state index in [9.17, 15) is 0 Å². The Morgan fingerprint density at radius 2 is 0.943 bits per heavy atom. The fourth-order valence-corrected chi connectivity index (χ4v) is 9.64. The Morgan fingerprint density at radius 3 is 1.70 bits per heavy atom. The standard InChI is InChI=1S/C51H32O2/c1-51(2)41-17-9-7-11-32(41)39-27-30(20-24-42(39)51)46-33-12-3-5-14-35(33)47(36-15-6-4-13-34(36)46)31-22-25-44-40(28-31)37-23-19-29-21-26-45-49(48(29)50(37)53-44)38-16-8-10-18-43(38)52-45/h3-28H,1-2H3.